The minimum atomic E-state index is -0.490. The van der Waals surface area contributed by atoms with E-state index in [-0.39, 0.29) is 11.9 Å². The minimum absolute atomic E-state index is 0.230. The molecule has 0 spiro atoms. The minimum Gasteiger partial charge on any atom is -0.378 e. The van der Waals surface area contributed by atoms with Gasteiger partial charge in [-0.25, -0.2) is 4.39 Å². The fourth-order valence-corrected chi connectivity index (χ4v) is 2.28. The van der Waals surface area contributed by atoms with E-state index in [1.807, 2.05) is 6.92 Å². The number of carbonyl (C=O) groups excluding carboxylic acids is 1. The molecule has 1 atom stereocenters. The number of benzene rings is 2. The highest BCUT2D eigenvalue weighted by Gasteiger charge is 2.11. The van der Waals surface area contributed by atoms with E-state index in [1.165, 1.54) is 6.07 Å². The van der Waals surface area contributed by atoms with Crippen LogP contribution in [0, 0.1) is 5.82 Å². The first kappa shape index (κ1) is 14.5. The predicted molar refractivity (Wildman–Crippen MR) is 81.1 cm³/mol. The van der Waals surface area contributed by atoms with Crippen LogP contribution in [0.15, 0.2) is 46.9 Å². The number of amides is 1. The molecule has 2 aromatic rings. The molecule has 1 amide bonds. The second-order valence-corrected chi connectivity index (χ2v) is 5.39. The molecule has 3 nitrogen and oxygen atoms in total. The van der Waals surface area contributed by atoms with Crippen molar-refractivity contribution in [1.82, 2.24) is 0 Å². The third-order valence-corrected chi connectivity index (χ3v) is 3.45. The van der Waals surface area contributed by atoms with Crippen LogP contribution in [0.4, 0.5) is 10.1 Å². The quantitative estimate of drug-likeness (QED) is 0.890. The Hall–Kier alpha value is -1.88. The Bertz CT molecular complexity index is 646. The molecule has 0 heterocycles. The van der Waals surface area contributed by atoms with E-state index in [4.69, 9.17) is 5.73 Å². The zero-order valence-corrected chi connectivity index (χ0v) is 12.4. The predicted octanol–water partition coefficient (Wildman–Crippen LogP) is 3.86. The van der Waals surface area contributed by atoms with Crippen molar-refractivity contribution in [3.05, 3.63) is 63.9 Å². The van der Waals surface area contributed by atoms with Gasteiger partial charge in [0.15, 0.2) is 0 Å². The Morgan fingerprint density at radius 2 is 2.05 bits per heavy atom. The Labute approximate surface area is 125 Å². The van der Waals surface area contributed by atoms with Crippen molar-refractivity contribution in [2.45, 2.75) is 13.0 Å². The van der Waals surface area contributed by atoms with Crippen LogP contribution in [0.3, 0.4) is 0 Å². The molecular weight excluding hydrogens is 323 g/mol. The summed E-state index contributed by atoms with van der Waals surface area (Å²) in [5, 5.41) is 3.15. The SMILES string of the molecule is CC(Nc1cccc(C(N)=O)c1)c1ccc(Br)cc1F. The van der Waals surface area contributed by atoms with E-state index < -0.39 is 5.91 Å². The van der Waals surface area contributed by atoms with E-state index in [1.54, 1.807) is 36.4 Å². The maximum atomic E-state index is 13.9. The average Bonchev–Trinajstić information content (AvgIpc) is 2.38. The lowest BCUT2D eigenvalue weighted by molar-refractivity contribution is 0.100. The number of carbonyl (C=O) groups is 1. The highest BCUT2D eigenvalue weighted by Crippen LogP contribution is 2.24. The van der Waals surface area contributed by atoms with E-state index in [0.717, 1.165) is 5.69 Å². The van der Waals surface area contributed by atoms with Crippen LogP contribution in [-0.2, 0) is 0 Å². The van der Waals surface area contributed by atoms with Crippen molar-refractivity contribution in [1.29, 1.82) is 0 Å². The lowest BCUT2D eigenvalue weighted by Crippen LogP contribution is -2.12. The van der Waals surface area contributed by atoms with Crippen LogP contribution >= 0.6 is 15.9 Å². The van der Waals surface area contributed by atoms with Gasteiger partial charge in [0.05, 0.1) is 6.04 Å². The van der Waals surface area contributed by atoms with Crippen molar-refractivity contribution < 1.29 is 9.18 Å². The summed E-state index contributed by atoms with van der Waals surface area (Å²) in [5.74, 6) is -0.776. The van der Waals surface area contributed by atoms with Gasteiger partial charge in [-0.2, -0.15) is 0 Å². The van der Waals surface area contributed by atoms with Crippen molar-refractivity contribution >= 4 is 27.5 Å². The summed E-state index contributed by atoms with van der Waals surface area (Å²) in [7, 11) is 0. The third-order valence-electron chi connectivity index (χ3n) is 2.96. The topological polar surface area (TPSA) is 55.1 Å². The summed E-state index contributed by atoms with van der Waals surface area (Å²) in [6, 6.07) is 11.5. The Kier molecular flexibility index (Phi) is 4.39. The van der Waals surface area contributed by atoms with Gasteiger partial charge in [-0.1, -0.05) is 28.1 Å². The molecule has 0 aromatic heterocycles. The summed E-state index contributed by atoms with van der Waals surface area (Å²) in [5.41, 5.74) is 6.92. The van der Waals surface area contributed by atoms with E-state index >= 15 is 0 Å². The molecule has 0 bridgehead atoms. The van der Waals surface area contributed by atoms with Crippen LogP contribution in [0.1, 0.15) is 28.9 Å². The van der Waals surface area contributed by atoms with Gasteiger partial charge < -0.3 is 11.1 Å². The zero-order valence-electron chi connectivity index (χ0n) is 10.9. The second-order valence-electron chi connectivity index (χ2n) is 4.48. The molecule has 20 heavy (non-hydrogen) atoms. The van der Waals surface area contributed by atoms with E-state index in [2.05, 4.69) is 21.2 Å². The van der Waals surface area contributed by atoms with Gasteiger partial charge >= 0.3 is 0 Å². The zero-order chi connectivity index (χ0) is 14.7. The molecule has 0 saturated carbocycles. The fourth-order valence-electron chi connectivity index (χ4n) is 1.94. The first-order chi connectivity index (χ1) is 9.47. The fraction of sp³-hybridized carbons (Fsp3) is 0.133. The number of hydrogen-bond donors (Lipinski definition) is 2. The smallest absolute Gasteiger partial charge is 0.248 e. The van der Waals surface area contributed by atoms with Crippen molar-refractivity contribution in [3.8, 4) is 0 Å². The monoisotopic (exact) mass is 336 g/mol. The van der Waals surface area contributed by atoms with Gasteiger partial charge in [0.1, 0.15) is 5.82 Å². The lowest BCUT2D eigenvalue weighted by Gasteiger charge is -2.17. The van der Waals surface area contributed by atoms with Crippen LogP contribution in [0.5, 0.6) is 0 Å². The highest BCUT2D eigenvalue weighted by atomic mass is 79.9. The Morgan fingerprint density at radius 3 is 2.70 bits per heavy atom. The number of nitrogens with two attached hydrogens (primary N) is 1. The Balaban J connectivity index is 2.21. The van der Waals surface area contributed by atoms with Gasteiger partial charge in [0, 0.05) is 21.3 Å². The normalized spacial score (nSPS) is 11.9. The molecule has 1 unspecified atom stereocenters. The number of hydrogen-bond acceptors (Lipinski definition) is 2. The van der Waals surface area contributed by atoms with E-state index in [9.17, 15) is 9.18 Å². The van der Waals surface area contributed by atoms with Gasteiger partial charge in [-0.15, -0.1) is 0 Å². The largest absolute Gasteiger partial charge is 0.378 e. The molecule has 3 N–H and O–H groups in total. The van der Waals surface area contributed by atoms with Gasteiger partial charge in [-0.05, 0) is 37.3 Å². The molecule has 0 saturated heterocycles. The third kappa shape index (κ3) is 3.36. The number of primary amides is 1. The summed E-state index contributed by atoms with van der Waals surface area (Å²) in [4.78, 5) is 11.1. The Morgan fingerprint density at radius 1 is 1.30 bits per heavy atom. The molecule has 0 aliphatic carbocycles. The van der Waals surface area contributed by atoms with Gasteiger partial charge in [0.2, 0.25) is 5.91 Å². The summed E-state index contributed by atoms with van der Waals surface area (Å²) in [6.45, 7) is 1.85. The van der Waals surface area contributed by atoms with Crippen molar-refractivity contribution in [2.24, 2.45) is 5.73 Å². The molecule has 2 aromatic carbocycles. The lowest BCUT2D eigenvalue weighted by atomic mass is 10.1. The molecule has 5 heteroatoms. The molecule has 0 aliphatic rings. The number of nitrogens with one attached hydrogen (secondary N) is 1. The van der Waals surface area contributed by atoms with Gasteiger partial charge in [-0.3, -0.25) is 4.79 Å². The first-order valence-electron chi connectivity index (χ1n) is 6.08. The molecular formula is C15H14BrFN2O. The van der Waals surface area contributed by atoms with Crippen LogP contribution in [0.25, 0.3) is 0 Å². The van der Waals surface area contributed by atoms with Crippen LogP contribution < -0.4 is 11.1 Å². The second kappa shape index (κ2) is 6.05. The molecule has 0 radical (unpaired) electrons. The maximum absolute atomic E-state index is 13.9. The van der Waals surface area contributed by atoms with Crippen molar-refractivity contribution in [2.75, 3.05) is 5.32 Å². The first-order valence-corrected chi connectivity index (χ1v) is 6.88. The van der Waals surface area contributed by atoms with Crippen LogP contribution in [0.2, 0.25) is 0 Å². The summed E-state index contributed by atoms with van der Waals surface area (Å²) >= 11 is 3.23. The van der Waals surface area contributed by atoms with Crippen molar-refractivity contribution in [3.63, 3.8) is 0 Å². The van der Waals surface area contributed by atoms with Crippen LogP contribution in [-0.4, -0.2) is 5.91 Å². The molecule has 104 valence electrons. The molecule has 0 aliphatic heterocycles. The maximum Gasteiger partial charge on any atom is 0.248 e. The number of anilines is 1. The summed E-state index contributed by atoms with van der Waals surface area (Å²) < 4.78 is 14.6. The number of rotatable bonds is 4. The number of halogens is 2. The molecule has 0 fully saturated rings. The average molecular weight is 337 g/mol. The summed E-state index contributed by atoms with van der Waals surface area (Å²) in [6.07, 6.45) is 0. The highest BCUT2D eigenvalue weighted by molar-refractivity contribution is 9.10. The van der Waals surface area contributed by atoms with E-state index in [0.29, 0.717) is 15.6 Å². The van der Waals surface area contributed by atoms with Gasteiger partial charge in [0.25, 0.3) is 0 Å². The molecule has 2 rings (SSSR count). The standard InChI is InChI=1S/C15H14BrFN2O/c1-9(13-6-5-11(16)8-14(13)17)19-12-4-2-3-10(7-12)15(18)20/h2-9,19H,1H3,(H2,18,20).